The Balaban J connectivity index is 2.23. The lowest BCUT2D eigenvalue weighted by atomic mass is 10.1. The lowest BCUT2D eigenvalue weighted by Gasteiger charge is -2.22. The largest absolute Gasteiger partial charge is 0.366 e. The summed E-state index contributed by atoms with van der Waals surface area (Å²) in [6.45, 7) is -0.421. The number of hydrogen-bond donors (Lipinski definition) is 2. The first kappa shape index (κ1) is 17.5. The van der Waals surface area contributed by atoms with Crippen molar-refractivity contribution in [3.63, 3.8) is 0 Å². The maximum Gasteiger partial charge on any atom is 0.250 e. The fourth-order valence-electron chi connectivity index (χ4n) is 2.12. The minimum Gasteiger partial charge on any atom is -0.366 e. The summed E-state index contributed by atoms with van der Waals surface area (Å²) in [4.78, 5) is 23.6. The Morgan fingerprint density at radius 2 is 1.62 bits per heavy atom. The molecule has 0 saturated heterocycles. The summed E-state index contributed by atoms with van der Waals surface area (Å²) in [7, 11) is -3.65. The first-order chi connectivity index (χ1) is 11.3. The molecule has 0 spiro atoms. The average Bonchev–Trinajstić information content (AvgIpc) is 2.52. The second-order valence-corrected chi connectivity index (χ2v) is 6.97. The van der Waals surface area contributed by atoms with Crippen molar-refractivity contribution in [2.24, 2.45) is 5.73 Å². The van der Waals surface area contributed by atoms with Crippen LogP contribution in [0.2, 0.25) is 0 Å². The van der Waals surface area contributed by atoms with Gasteiger partial charge in [-0.05, 0) is 24.3 Å². The summed E-state index contributed by atoms with van der Waals surface area (Å²) in [6, 6.07) is 14.5. The van der Waals surface area contributed by atoms with Gasteiger partial charge in [-0.25, -0.2) is 8.42 Å². The quantitative estimate of drug-likeness (QED) is 0.818. The molecular formula is C16H17N3O4S. The maximum atomic E-state index is 12.2. The van der Waals surface area contributed by atoms with Crippen molar-refractivity contribution in [1.29, 1.82) is 0 Å². The topological polar surface area (TPSA) is 110 Å². The highest BCUT2D eigenvalue weighted by atomic mass is 32.2. The number of carbonyl (C=O) groups excluding carboxylic acids is 2. The third kappa shape index (κ3) is 4.32. The molecule has 126 valence electrons. The Morgan fingerprint density at radius 1 is 1.04 bits per heavy atom. The van der Waals surface area contributed by atoms with Gasteiger partial charge in [-0.15, -0.1) is 0 Å². The molecule has 0 unspecified atom stereocenters. The van der Waals surface area contributed by atoms with Gasteiger partial charge in [0.15, 0.2) is 0 Å². The summed E-state index contributed by atoms with van der Waals surface area (Å²) in [6.07, 6.45) is 1.02. The molecule has 0 saturated carbocycles. The van der Waals surface area contributed by atoms with E-state index in [9.17, 15) is 18.0 Å². The Labute approximate surface area is 140 Å². The Bertz CT molecular complexity index is 851. The highest BCUT2D eigenvalue weighted by Gasteiger charge is 2.21. The van der Waals surface area contributed by atoms with Crippen LogP contribution in [0, 0.1) is 0 Å². The minimum absolute atomic E-state index is 0.150. The van der Waals surface area contributed by atoms with Gasteiger partial charge in [0.1, 0.15) is 6.54 Å². The molecule has 3 N–H and O–H groups in total. The zero-order chi connectivity index (χ0) is 17.7. The number of carbonyl (C=O) groups is 2. The molecule has 2 aromatic carbocycles. The van der Waals surface area contributed by atoms with E-state index in [-0.39, 0.29) is 11.3 Å². The third-order valence-electron chi connectivity index (χ3n) is 3.20. The normalized spacial score (nSPS) is 10.9. The van der Waals surface area contributed by atoms with Crippen LogP contribution < -0.4 is 15.4 Å². The van der Waals surface area contributed by atoms with Crippen LogP contribution in [0.1, 0.15) is 10.4 Å². The van der Waals surface area contributed by atoms with E-state index < -0.39 is 28.4 Å². The van der Waals surface area contributed by atoms with E-state index in [1.807, 2.05) is 0 Å². The number of nitrogens with two attached hydrogens (primary N) is 1. The number of nitrogens with one attached hydrogen (secondary N) is 1. The average molecular weight is 347 g/mol. The summed E-state index contributed by atoms with van der Waals surface area (Å²) in [5.74, 6) is -1.27. The van der Waals surface area contributed by atoms with E-state index in [4.69, 9.17) is 5.73 Å². The molecule has 0 bridgehead atoms. The van der Waals surface area contributed by atoms with Gasteiger partial charge >= 0.3 is 0 Å². The summed E-state index contributed by atoms with van der Waals surface area (Å²) in [5.41, 5.74) is 6.01. The van der Waals surface area contributed by atoms with Crippen molar-refractivity contribution in [3.05, 3.63) is 60.2 Å². The fraction of sp³-hybridized carbons (Fsp3) is 0.125. The minimum atomic E-state index is -3.65. The molecule has 0 atom stereocenters. The molecule has 2 aromatic rings. The van der Waals surface area contributed by atoms with Crippen molar-refractivity contribution in [3.8, 4) is 0 Å². The Kier molecular flexibility index (Phi) is 5.20. The van der Waals surface area contributed by atoms with Gasteiger partial charge in [-0.3, -0.25) is 13.9 Å². The summed E-state index contributed by atoms with van der Waals surface area (Å²) in [5, 5.41) is 2.52. The lowest BCUT2D eigenvalue weighted by Crippen LogP contribution is -2.37. The van der Waals surface area contributed by atoms with Gasteiger partial charge in [0.25, 0.3) is 5.91 Å². The number of benzene rings is 2. The molecule has 0 radical (unpaired) electrons. The van der Waals surface area contributed by atoms with Crippen LogP contribution in [-0.4, -0.2) is 33.0 Å². The number of para-hydroxylation sites is 2. The maximum absolute atomic E-state index is 12.2. The van der Waals surface area contributed by atoms with E-state index in [1.54, 1.807) is 42.5 Å². The van der Waals surface area contributed by atoms with Crippen LogP contribution in [0.4, 0.5) is 11.4 Å². The Hall–Kier alpha value is -2.87. The molecule has 0 aliphatic heterocycles. The molecule has 8 heteroatoms. The standard InChI is InChI=1S/C16H17N3O4S/c1-24(22,23)19(12-7-3-2-4-8-12)11-15(20)18-14-10-6-5-9-13(14)16(17)21/h2-10H,11H2,1H3,(H2,17,21)(H,18,20). The first-order valence-corrected chi connectivity index (χ1v) is 8.85. The van der Waals surface area contributed by atoms with Crippen LogP contribution in [0.25, 0.3) is 0 Å². The predicted octanol–water partition coefficient (Wildman–Crippen LogP) is 1.19. The molecule has 0 fully saturated rings. The van der Waals surface area contributed by atoms with Crippen LogP contribution in [0.3, 0.4) is 0 Å². The van der Waals surface area contributed by atoms with E-state index in [0.717, 1.165) is 10.6 Å². The molecule has 0 aromatic heterocycles. The molecule has 0 aliphatic rings. The molecule has 0 aliphatic carbocycles. The molecule has 2 amide bonds. The van der Waals surface area contributed by atoms with E-state index in [2.05, 4.69) is 5.32 Å². The summed E-state index contributed by atoms with van der Waals surface area (Å²) < 4.78 is 24.9. The van der Waals surface area contributed by atoms with E-state index in [1.165, 1.54) is 12.1 Å². The van der Waals surface area contributed by atoms with Crippen molar-refractivity contribution in [2.75, 3.05) is 22.4 Å². The predicted molar refractivity (Wildman–Crippen MR) is 92.2 cm³/mol. The zero-order valence-corrected chi connectivity index (χ0v) is 13.8. The van der Waals surface area contributed by atoms with Crippen LogP contribution >= 0.6 is 0 Å². The van der Waals surface area contributed by atoms with Crippen LogP contribution in [0.5, 0.6) is 0 Å². The first-order valence-electron chi connectivity index (χ1n) is 7.00. The molecule has 2 rings (SSSR count). The molecular weight excluding hydrogens is 330 g/mol. The number of hydrogen-bond acceptors (Lipinski definition) is 4. The lowest BCUT2D eigenvalue weighted by molar-refractivity contribution is -0.114. The third-order valence-corrected chi connectivity index (χ3v) is 4.34. The van der Waals surface area contributed by atoms with E-state index in [0.29, 0.717) is 5.69 Å². The van der Waals surface area contributed by atoms with Gasteiger partial charge < -0.3 is 11.1 Å². The number of rotatable bonds is 6. The van der Waals surface area contributed by atoms with Crippen molar-refractivity contribution in [2.45, 2.75) is 0 Å². The van der Waals surface area contributed by atoms with Gasteiger partial charge in [0, 0.05) is 0 Å². The van der Waals surface area contributed by atoms with Crippen LogP contribution in [-0.2, 0) is 14.8 Å². The van der Waals surface area contributed by atoms with Crippen molar-refractivity contribution < 1.29 is 18.0 Å². The zero-order valence-electron chi connectivity index (χ0n) is 13.0. The summed E-state index contributed by atoms with van der Waals surface area (Å²) >= 11 is 0. The smallest absolute Gasteiger partial charge is 0.250 e. The monoisotopic (exact) mass is 347 g/mol. The molecule has 0 heterocycles. The number of anilines is 2. The fourth-order valence-corrected chi connectivity index (χ4v) is 2.98. The van der Waals surface area contributed by atoms with Gasteiger partial charge in [0.2, 0.25) is 15.9 Å². The molecule has 7 nitrogen and oxygen atoms in total. The molecule has 24 heavy (non-hydrogen) atoms. The number of sulfonamides is 1. The highest BCUT2D eigenvalue weighted by Crippen LogP contribution is 2.18. The SMILES string of the molecule is CS(=O)(=O)N(CC(=O)Nc1ccccc1C(N)=O)c1ccccc1. The van der Waals surface area contributed by atoms with Crippen molar-refractivity contribution in [1.82, 2.24) is 0 Å². The van der Waals surface area contributed by atoms with Gasteiger partial charge in [-0.2, -0.15) is 0 Å². The van der Waals surface area contributed by atoms with Crippen molar-refractivity contribution >= 4 is 33.2 Å². The number of primary amides is 1. The van der Waals surface area contributed by atoms with Crippen LogP contribution in [0.15, 0.2) is 54.6 Å². The highest BCUT2D eigenvalue weighted by molar-refractivity contribution is 7.92. The van der Waals surface area contributed by atoms with E-state index >= 15 is 0 Å². The number of nitrogens with zero attached hydrogens (tertiary/aromatic N) is 1. The van der Waals surface area contributed by atoms with Gasteiger partial charge in [-0.1, -0.05) is 30.3 Å². The number of amides is 2. The Morgan fingerprint density at radius 3 is 2.21 bits per heavy atom. The second kappa shape index (κ2) is 7.14. The second-order valence-electron chi connectivity index (χ2n) is 5.06. The van der Waals surface area contributed by atoms with Gasteiger partial charge in [0.05, 0.1) is 23.2 Å².